The Balaban J connectivity index is 2.93. The number of rotatable bonds is 1. The lowest BCUT2D eigenvalue weighted by Gasteiger charge is -2.33. The van der Waals surface area contributed by atoms with Gasteiger partial charge in [0.05, 0.1) is 6.10 Å². The summed E-state index contributed by atoms with van der Waals surface area (Å²) in [7, 11) is 0. The van der Waals surface area contributed by atoms with Gasteiger partial charge in [-0.05, 0) is 41.5 Å². The molecule has 1 aliphatic rings. The number of carbonyl (C=O) groups excluding carboxylic acids is 2. The maximum atomic E-state index is 12.1. The summed E-state index contributed by atoms with van der Waals surface area (Å²) in [5.41, 5.74) is -1.42. The lowest BCUT2D eigenvalue weighted by molar-refractivity contribution is -0.113. The van der Waals surface area contributed by atoms with E-state index in [2.05, 4.69) is 0 Å². The van der Waals surface area contributed by atoms with Crippen LogP contribution in [0.4, 0.5) is 4.79 Å². The van der Waals surface area contributed by atoms with E-state index in [1.165, 1.54) is 4.90 Å². The van der Waals surface area contributed by atoms with Gasteiger partial charge in [-0.1, -0.05) is 0 Å². The van der Waals surface area contributed by atoms with Crippen molar-refractivity contribution in [2.24, 2.45) is 0 Å². The molecule has 98 valence electrons. The molecule has 0 radical (unpaired) electrons. The fourth-order valence-corrected chi connectivity index (χ4v) is 1.97. The lowest BCUT2D eigenvalue weighted by atomic mass is 10.1. The van der Waals surface area contributed by atoms with Gasteiger partial charge in [-0.15, -0.1) is 0 Å². The Morgan fingerprint density at radius 3 is 2.35 bits per heavy atom. The normalized spacial score (nSPS) is 28.0. The van der Waals surface area contributed by atoms with Gasteiger partial charge in [-0.3, -0.25) is 4.90 Å². The summed E-state index contributed by atoms with van der Waals surface area (Å²) in [5.74, 6) is 0. The highest BCUT2D eigenvalue weighted by atomic mass is 16.6. The maximum absolute atomic E-state index is 12.1. The van der Waals surface area contributed by atoms with Crippen molar-refractivity contribution >= 4 is 12.4 Å². The van der Waals surface area contributed by atoms with E-state index in [1.54, 1.807) is 41.5 Å². The molecular formula is C12H21NO4. The fourth-order valence-electron chi connectivity index (χ4n) is 1.97. The first-order valence-corrected chi connectivity index (χ1v) is 5.74. The molecule has 0 aromatic heterocycles. The van der Waals surface area contributed by atoms with Gasteiger partial charge in [0.2, 0.25) is 0 Å². The zero-order chi connectivity index (χ0) is 13.4. The molecule has 0 aromatic rings. The molecule has 0 N–H and O–H groups in total. The predicted molar refractivity (Wildman–Crippen MR) is 62.6 cm³/mol. The molecule has 1 aliphatic heterocycles. The van der Waals surface area contributed by atoms with Crippen LogP contribution >= 0.6 is 0 Å². The number of hydrogen-bond donors (Lipinski definition) is 0. The van der Waals surface area contributed by atoms with Crippen molar-refractivity contribution in [3.05, 3.63) is 0 Å². The lowest BCUT2D eigenvalue weighted by Crippen LogP contribution is -2.50. The minimum atomic E-state index is -0.826. The van der Waals surface area contributed by atoms with Crippen molar-refractivity contribution in [3.8, 4) is 0 Å². The summed E-state index contributed by atoms with van der Waals surface area (Å²) in [5, 5.41) is 0. The fraction of sp³-hybridized carbons (Fsp3) is 0.833. The number of nitrogens with zero attached hydrogens (tertiary/aromatic N) is 1. The Kier molecular flexibility index (Phi) is 3.52. The minimum absolute atomic E-state index is 0.324. The van der Waals surface area contributed by atoms with Gasteiger partial charge < -0.3 is 14.3 Å². The maximum Gasteiger partial charge on any atom is 0.413 e. The van der Waals surface area contributed by atoms with Gasteiger partial charge >= 0.3 is 6.09 Å². The zero-order valence-corrected chi connectivity index (χ0v) is 11.3. The predicted octanol–water partition coefficient (Wildman–Crippen LogP) is 1.95. The third kappa shape index (κ3) is 2.97. The molecule has 1 saturated heterocycles. The van der Waals surface area contributed by atoms with Crippen molar-refractivity contribution in [3.63, 3.8) is 0 Å². The van der Waals surface area contributed by atoms with Crippen molar-refractivity contribution in [2.45, 2.75) is 65.0 Å². The molecular weight excluding hydrogens is 222 g/mol. The second-order valence-electron chi connectivity index (χ2n) is 5.75. The molecule has 1 rings (SSSR count). The van der Waals surface area contributed by atoms with Gasteiger partial charge in [-0.25, -0.2) is 4.79 Å². The van der Waals surface area contributed by atoms with Crippen LogP contribution in [0.1, 0.15) is 41.5 Å². The Bertz CT molecular complexity index is 319. The molecule has 0 spiro atoms. The summed E-state index contributed by atoms with van der Waals surface area (Å²) in [6.07, 6.45) is -0.123. The van der Waals surface area contributed by atoms with Crippen LogP contribution in [0, 0.1) is 0 Å². The Hall–Kier alpha value is -1.10. The largest absolute Gasteiger partial charge is 0.444 e. The van der Waals surface area contributed by atoms with Crippen molar-refractivity contribution in [1.29, 1.82) is 0 Å². The standard InChI is InChI=1S/C12H21NO4/c1-8-9(7-14)13(12(5,6)16-8)10(15)17-11(2,3)4/h7-9H,1-6H3/t8-,9?/m1/s1. The molecule has 0 aromatic carbocycles. The van der Waals surface area contributed by atoms with E-state index in [4.69, 9.17) is 9.47 Å². The van der Waals surface area contributed by atoms with Gasteiger partial charge in [0.1, 0.15) is 23.7 Å². The summed E-state index contributed by atoms with van der Waals surface area (Å²) < 4.78 is 10.9. The highest BCUT2D eigenvalue weighted by molar-refractivity contribution is 5.75. The smallest absolute Gasteiger partial charge is 0.413 e. The first-order valence-electron chi connectivity index (χ1n) is 5.74. The van der Waals surface area contributed by atoms with E-state index in [0.717, 1.165) is 6.29 Å². The highest BCUT2D eigenvalue weighted by Gasteiger charge is 2.49. The molecule has 1 unspecified atom stereocenters. The third-order valence-electron chi connectivity index (χ3n) is 2.56. The van der Waals surface area contributed by atoms with E-state index < -0.39 is 23.5 Å². The van der Waals surface area contributed by atoms with Crippen LogP contribution in [0.25, 0.3) is 0 Å². The highest BCUT2D eigenvalue weighted by Crippen LogP contribution is 2.32. The van der Waals surface area contributed by atoms with Crippen LogP contribution in [0.15, 0.2) is 0 Å². The topological polar surface area (TPSA) is 55.8 Å². The average molecular weight is 243 g/mol. The first-order chi connectivity index (χ1) is 7.58. The number of aldehydes is 1. The Morgan fingerprint density at radius 1 is 1.41 bits per heavy atom. The summed E-state index contributed by atoms with van der Waals surface area (Å²) >= 11 is 0. The molecule has 1 amide bonds. The van der Waals surface area contributed by atoms with Crippen molar-refractivity contribution < 1.29 is 19.1 Å². The van der Waals surface area contributed by atoms with Crippen LogP contribution in [0.2, 0.25) is 0 Å². The van der Waals surface area contributed by atoms with Gasteiger partial charge in [0.25, 0.3) is 0 Å². The van der Waals surface area contributed by atoms with Gasteiger partial charge in [-0.2, -0.15) is 0 Å². The quantitative estimate of drug-likeness (QED) is 0.660. The molecule has 5 heteroatoms. The molecule has 17 heavy (non-hydrogen) atoms. The Labute approximate surface area is 102 Å². The van der Waals surface area contributed by atoms with E-state index in [9.17, 15) is 9.59 Å². The van der Waals surface area contributed by atoms with Crippen LogP contribution in [0.3, 0.4) is 0 Å². The first kappa shape index (κ1) is 14.0. The summed E-state index contributed by atoms with van der Waals surface area (Å²) in [6.45, 7) is 10.6. The van der Waals surface area contributed by atoms with Crippen LogP contribution in [0.5, 0.6) is 0 Å². The van der Waals surface area contributed by atoms with Crippen LogP contribution in [-0.2, 0) is 14.3 Å². The summed E-state index contributed by atoms with van der Waals surface area (Å²) in [6, 6.07) is -0.597. The van der Waals surface area contributed by atoms with E-state index in [0.29, 0.717) is 0 Å². The molecule has 5 nitrogen and oxygen atoms in total. The van der Waals surface area contributed by atoms with Crippen molar-refractivity contribution in [1.82, 2.24) is 4.90 Å². The molecule has 0 saturated carbocycles. The second-order valence-corrected chi connectivity index (χ2v) is 5.75. The number of amides is 1. The summed E-state index contributed by atoms with van der Waals surface area (Å²) in [4.78, 5) is 24.5. The average Bonchev–Trinajstić information content (AvgIpc) is 2.31. The molecule has 0 aliphatic carbocycles. The van der Waals surface area contributed by atoms with Gasteiger partial charge in [0.15, 0.2) is 0 Å². The van der Waals surface area contributed by atoms with E-state index in [1.807, 2.05) is 0 Å². The number of hydrogen-bond acceptors (Lipinski definition) is 4. The third-order valence-corrected chi connectivity index (χ3v) is 2.56. The molecule has 2 atom stereocenters. The molecule has 1 heterocycles. The molecule has 1 fully saturated rings. The van der Waals surface area contributed by atoms with Crippen molar-refractivity contribution in [2.75, 3.05) is 0 Å². The van der Waals surface area contributed by atoms with Crippen LogP contribution in [-0.4, -0.2) is 40.8 Å². The Morgan fingerprint density at radius 2 is 1.94 bits per heavy atom. The van der Waals surface area contributed by atoms with Crippen LogP contribution < -0.4 is 0 Å². The van der Waals surface area contributed by atoms with Gasteiger partial charge in [0, 0.05) is 0 Å². The number of ether oxygens (including phenoxy) is 2. The number of carbonyl (C=O) groups is 2. The molecule has 0 bridgehead atoms. The minimum Gasteiger partial charge on any atom is -0.444 e. The monoisotopic (exact) mass is 243 g/mol. The van der Waals surface area contributed by atoms with E-state index >= 15 is 0 Å². The second kappa shape index (κ2) is 4.29. The zero-order valence-electron chi connectivity index (χ0n) is 11.3. The SMILES string of the molecule is C[C@H]1OC(C)(C)N(C(=O)OC(C)(C)C)C1C=O. The van der Waals surface area contributed by atoms with E-state index in [-0.39, 0.29) is 6.10 Å².